The standard InChI is InChI=1S/C29H33N2OP.C22H31N2OP.C2H6.2H2/c1-22(2)27(21-31-19-7-8-20-31)30-33(32,28-17-9-13-23-11-3-5-15-25(23)28)29-18-10-14-24-12-4-6-16-26(24)29;1-22(2,3)21(18-24-16-10-11-17-24)23-26(25,19-12-6-4-7-13-19)20-14-8-5-9-15-20;1-2;;/h3-6,9-18,22,27H,7-8,19-21H2,1-2H3,(H,30,32);4-9,12-15,21H,10-11,16-18H2,1-3H3,(H,23,25);1-2H3;2*1H/t27-;21-;;;/m00.../s1. The minimum absolute atomic E-state index is 0. The van der Waals surface area contributed by atoms with Crippen LogP contribution in [0.25, 0.3) is 21.5 Å². The largest absolute Gasteiger partial charge is 0.302 e. The van der Waals surface area contributed by atoms with Gasteiger partial charge in [-0.05, 0) is 121 Å². The first kappa shape index (κ1) is 46.6. The van der Waals surface area contributed by atoms with Gasteiger partial charge in [0.1, 0.15) is 0 Å². The van der Waals surface area contributed by atoms with Crippen LogP contribution in [-0.2, 0) is 9.13 Å². The van der Waals surface area contributed by atoms with Gasteiger partial charge in [0.25, 0.3) is 0 Å². The molecular formula is C53H74N4O2P2. The highest BCUT2D eigenvalue weighted by atomic mass is 31.2. The summed E-state index contributed by atoms with van der Waals surface area (Å²) in [5, 5.41) is 15.4. The Morgan fingerprint density at radius 1 is 0.525 bits per heavy atom. The van der Waals surface area contributed by atoms with E-state index in [0.717, 1.165) is 82.0 Å². The Hall–Kier alpha value is -3.86. The third-order valence-corrected chi connectivity index (χ3v) is 17.8. The molecule has 2 atom stereocenters. The molecule has 2 saturated heterocycles. The maximum atomic E-state index is 15.4. The molecule has 2 aliphatic rings. The van der Waals surface area contributed by atoms with Crippen molar-refractivity contribution >= 4 is 57.3 Å². The maximum Gasteiger partial charge on any atom is 0.206 e. The molecule has 0 spiro atoms. The maximum absolute atomic E-state index is 15.4. The fraction of sp³-hybridized carbons (Fsp3) is 0.396. The Balaban J connectivity index is 0.000000265. The van der Waals surface area contributed by atoms with Gasteiger partial charge in [0, 0.05) is 49.2 Å². The normalized spacial score (nSPS) is 16.2. The summed E-state index contributed by atoms with van der Waals surface area (Å²) >= 11 is 0. The highest BCUT2D eigenvalue weighted by Gasteiger charge is 2.37. The summed E-state index contributed by atoms with van der Waals surface area (Å²) in [5.74, 6) is 0.365. The van der Waals surface area contributed by atoms with Crippen molar-refractivity contribution in [1.82, 2.24) is 20.0 Å². The molecule has 8 heteroatoms. The van der Waals surface area contributed by atoms with Gasteiger partial charge in [-0.1, -0.05) is 158 Å². The summed E-state index contributed by atoms with van der Waals surface area (Å²) < 4.78 is 29.7. The van der Waals surface area contributed by atoms with Gasteiger partial charge in [-0.15, -0.1) is 0 Å². The van der Waals surface area contributed by atoms with E-state index in [1.165, 1.54) is 25.7 Å². The lowest BCUT2D eigenvalue weighted by atomic mass is 9.87. The molecule has 2 heterocycles. The van der Waals surface area contributed by atoms with Gasteiger partial charge in [0.2, 0.25) is 14.6 Å². The molecule has 2 fully saturated rings. The Morgan fingerprint density at radius 3 is 1.34 bits per heavy atom. The molecule has 0 aliphatic carbocycles. The van der Waals surface area contributed by atoms with Crippen molar-refractivity contribution in [3.63, 3.8) is 0 Å². The third kappa shape index (κ3) is 11.4. The van der Waals surface area contributed by atoms with Gasteiger partial charge < -0.3 is 9.80 Å². The fourth-order valence-electron chi connectivity index (χ4n) is 8.64. The van der Waals surface area contributed by atoms with E-state index in [-0.39, 0.29) is 20.4 Å². The molecule has 2 N–H and O–H groups in total. The van der Waals surface area contributed by atoms with Crippen LogP contribution in [0.2, 0.25) is 0 Å². The number of nitrogens with one attached hydrogen (secondary N) is 2. The number of rotatable bonds is 13. The predicted molar refractivity (Wildman–Crippen MR) is 270 cm³/mol. The molecule has 2 aliphatic heterocycles. The average Bonchev–Trinajstić information content (AvgIpc) is 4.02. The molecule has 0 bridgehead atoms. The van der Waals surface area contributed by atoms with Crippen molar-refractivity contribution in [2.75, 3.05) is 39.3 Å². The van der Waals surface area contributed by atoms with Crippen LogP contribution in [0.3, 0.4) is 0 Å². The van der Waals surface area contributed by atoms with Crippen LogP contribution in [0.1, 0.15) is 77.0 Å². The monoisotopic (exact) mass is 861 g/mol. The fourth-order valence-corrected chi connectivity index (χ4v) is 14.4. The van der Waals surface area contributed by atoms with Crippen LogP contribution in [0.4, 0.5) is 0 Å². The highest BCUT2D eigenvalue weighted by molar-refractivity contribution is 7.78. The Bertz CT molecular complexity index is 2240. The van der Waals surface area contributed by atoms with Gasteiger partial charge in [-0.2, -0.15) is 0 Å². The lowest BCUT2D eigenvalue weighted by Crippen LogP contribution is -2.49. The predicted octanol–water partition coefficient (Wildman–Crippen LogP) is 11.5. The summed E-state index contributed by atoms with van der Waals surface area (Å²) in [5.41, 5.74) is 0.0157. The van der Waals surface area contributed by atoms with Crippen molar-refractivity contribution in [3.05, 3.63) is 146 Å². The van der Waals surface area contributed by atoms with Gasteiger partial charge in [-0.3, -0.25) is 19.3 Å². The number of likely N-dealkylation sites (tertiary alicyclic amines) is 2. The molecule has 6 aromatic rings. The van der Waals surface area contributed by atoms with E-state index in [1.807, 2.05) is 111 Å². The quantitative estimate of drug-likeness (QED) is 0.113. The number of hydrogen-bond donors (Lipinski definition) is 2. The van der Waals surface area contributed by atoms with E-state index >= 15 is 4.57 Å². The van der Waals surface area contributed by atoms with Crippen molar-refractivity contribution < 1.29 is 12.0 Å². The lowest BCUT2D eigenvalue weighted by Gasteiger charge is -2.37. The molecule has 8 rings (SSSR count). The van der Waals surface area contributed by atoms with Gasteiger partial charge in [0.05, 0.1) is 0 Å². The molecule has 328 valence electrons. The summed E-state index contributed by atoms with van der Waals surface area (Å²) in [6.45, 7) is 21.6. The molecule has 61 heavy (non-hydrogen) atoms. The van der Waals surface area contributed by atoms with E-state index in [1.54, 1.807) is 0 Å². The number of nitrogens with zero attached hydrogens (tertiary/aromatic N) is 2. The van der Waals surface area contributed by atoms with Crippen molar-refractivity contribution in [2.24, 2.45) is 11.3 Å². The molecule has 6 nitrogen and oxygen atoms in total. The molecule has 0 amide bonds. The first-order valence-electron chi connectivity index (χ1n) is 22.7. The summed E-state index contributed by atoms with van der Waals surface area (Å²) in [7, 11) is -6.07. The van der Waals surface area contributed by atoms with Crippen LogP contribution in [-0.4, -0.2) is 61.2 Å². The van der Waals surface area contributed by atoms with Crippen LogP contribution in [0, 0.1) is 11.3 Å². The smallest absolute Gasteiger partial charge is 0.206 e. The van der Waals surface area contributed by atoms with E-state index in [9.17, 15) is 4.57 Å². The molecule has 0 saturated carbocycles. The average molecular weight is 861 g/mol. The molecule has 0 unspecified atom stereocenters. The Morgan fingerprint density at radius 2 is 0.918 bits per heavy atom. The second-order valence-corrected chi connectivity index (χ2v) is 22.9. The number of hydrogen-bond acceptors (Lipinski definition) is 4. The van der Waals surface area contributed by atoms with Gasteiger partial charge in [0.15, 0.2) is 0 Å². The zero-order valence-electron chi connectivity index (χ0n) is 37.8. The van der Waals surface area contributed by atoms with E-state index in [0.29, 0.717) is 5.92 Å². The van der Waals surface area contributed by atoms with E-state index in [2.05, 4.69) is 103 Å². The minimum atomic E-state index is -3.16. The Kier molecular flexibility index (Phi) is 16.4. The van der Waals surface area contributed by atoms with E-state index in [4.69, 9.17) is 0 Å². The SMILES string of the molecule is CC.CC(C)(C)[C@H](CN1CCCC1)NP(=O)(c1ccccc1)c1ccccc1.CC(C)[C@H](CN1CCCC1)NP(=O)(c1cccc2ccccc12)c1cccc2ccccc12.[HH].[HH]. The summed E-state index contributed by atoms with van der Waals surface area (Å²) in [6.07, 6.45) is 5.06. The zero-order chi connectivity index (χ0) is 43.5. The minimum Gasteiger partial charge on any atom is -0.302 e. The zero-order valence-corrected chi connectivity index (χ0v) is 39.6. The topological polar surface area (TPSA) is 64.7 Å². The van der Waals surface area contributed by atoms with Gasteiger partial charge >= 0.3 is 0 Å². The molecule has 0 aromatic heterocycles. The van der Waals surface area contributed by atoms with Crippen LogP contribution in [0.5, 0.6) is 0 Å². The lowest BCUT2D eigenvalue weighted by molar-refractivity contribution is 0.214. The van der Waals surface area contributed by atoms with Crippen molar-refractivity contribution in [1.29, 1.82) is 0 Å². The molecule has 0 radical (unpaired) electrons. The van der Waals surface area contributed by atoms with Gasteiger partial charge in [-0.25, -0.2) is 0 Å². The number of fused-ring (bicyclic) bond motifs is 2. The first-order chi connectivity index (χ1) is 29.5. The highest BCUT2D eigenvalue weighted by Crippen LogP contribution is 2.45. The van der Waals surface area contributed by atoms with Crippen molar-refractivity contribution in [3.8, 4) is 0 Å². The van der Waals surface area contributed by atoms with Crippen LogP contribution >= 0.6 is 14.6 Å². The first-order valence-corrected chi connectivity index (χ1v) is 26.2. The second-order valence-electron chi connectivity index (χ2n) is 17.9. The summed E-state index contributed by atoms with van der Waals surface area (Å²) in [4.78, 5) is 5.03. The second kappa shape index (κ2) is 21.5. The third-order valence-electron chi connectivity index (χ3n) is 12.3. The summed E-state index contributed by atoms with van der Waals surface area (Å²) in [6, 6.07) is 49.1. The number of benzene rings is 6. The Labute approximate surface area is 370 Å². The van der Waals surface area contributed by atoms with Crippen LogP contribution < -0.4 is 31.4 Å². The molecular weight excluding hydrogens is 787 g/mol. The van der Waals surface area contributed by atoms with Crippen molar-refractivity contribution in [2.45, 2.75) is 86.2 Å². The molecule has 6 aromatic carbocycles. The van der Waals surface area contributed by atoms with E-state index < -0.39 is 14.6 Å². The van der Waals surface area contributed by atoms with Crippen LogP contribution in [0.15, 0.2) is 146 Å².